The number of fused-ring (bicyclic) bond motifs is 1. The molecule has 3 N–H and O–H groups in total. The highest BCUT2D eigenvalue weighted by atomic mass is 35.5. The zero-order valence-corrected chi connectivity index (χ0v) is 18.3. The molecule has 1 aromatic carbocycles. The van der Waals surface area contributed by atoms with Gasteiger partial charge in [0, 0.05) is 35.7 Å². The van der Waals surface area contributed by atoms with Crippen molar-refractivity contribution in [2.45, 2.75) is 12.6 Å². The molecule has 3 aromatic heterocycles. The van der Waals surface area contributed by atoms with Gasteiger partial charge in [-0.25, -0.2) is 9.97 Å². The Balaban J connectivity index is 0.000000406. The number of H-pyrrole nitrogens is 2. The van der Waals surface area contributed by atoms with Crippen molar-refractivity contribution in [3.63, 3.8) is 0 Å². The lowest BCUT2D eigenvalue weighted by molar-refractivity contribution is -0.513. The molecule has 34 heavy (non-hydrogen) atoms. The molecule has 4 rings (SSSR count). The molecule has 0 fully saturated rings. The van der Waals surface area contributed by atoms with Crippen LogP contribution in [0.3, 0.4) is 0 Å². The minimum absolute atomic E-state index is 0.152. The molecule has 3 heterocycles. The number of halogens is 4. The number of carboxylic acid groups (broad SMARTS) is 1. The molecular formula is C23H19ClF3N4O3+. The number of pyridine rings is 2. The maximum absolute atomic E-state index is 12.8. The van der Waals surface area contributed by atoms with Gasteiger partial charge in [-0.05, 0) is 24.3 Å². The number of carboxylic acids is 1. The second-order valence-corrected chi connectivity index (χ2v) is 7.43. The Hall–Kier alpha value is -3.92. The fourth-order valence-electron chi connectivity index (χ4n) is 3.10. The molecule has 0 spiro atoms. The number of aliphatic carboxylic acids is 1. The lowest BCUT2D eigenvalue weighted by Crippen LogP contribution is -2.37. The molecule has 0 atom stereocenters. The first-order valence-corrected chi connectivity index (χ1v) is 10.3. The zero-order valence-electron chi connectivity index (χ0n) is 17.5. The first kappa shape index (κ1) is 24.7. The third kappa shape index (κ3) is 6.32. The van der Waals surface area contributed by atoms with Crippen LogP contribution >= 0.6 is 11.6 Å². The molecule has 0 saturated heterocycles. The molecule has 7 nitrogen and oxygen atoms in total. The standard InChI is InChI=1S/C21H17ClN4O.C2HF3O2/c22-16-7-5-6-15(14-16)19-18-9-2-4-13-26(18)20(25-19)21(27)24-12-10-17-8-1-3-11-23-17;3-2(4,5)1(6)7/h1-9,11,13-14H,10,12H2,(H,24,27);(H,6,7)/p+1. The first-order chi connectivity index (χ1) is 16.2. The first-order valence-electron chi connectivity index (χ1n) is 9.97. The lowest BCUT2D eigenvalue weighted by Gasteiger charge is -2.03. The molecule has 0 saturated carbocycles. The molecule has 11 heteroatoms. The summed E-state index contributed by atoms with van der Waals surface area (Å²) in [4.78, 5) is 28.0. The van der Waals surface area contributed by atoms with Crippen molar-refractivity contribution < 1.29 is 37.3 Å². The lowest BCUT2D eigenvalue weighted by atomic mass is 10.1. The van der Waals surface area contributed by atoms with E-state index >= 15 is 0 Å². The number of hydrogen-bond acceptors (Lipinski definition) is 3. The highest BCUT2D eigenvalue weighted by Gasteiger charge is 2.29. The van der Waals surface area contributed by atoms with E-state index in [1.54, 1.807) is 0 Å². The smallest absolute Gasteiger partial charge is 0.430 e. The predicted molar refractivity (Wildman–Crippen MR) is 114 cm³/mol. The van der Waals surface area contributed by atoms with Gasteiger partial charge in [0.05, 0.1) is 6.20 Å². The van der Waals surface area contributed by atoms with Crippen molar-refractivity contribution in [2.24, 2.45) is 0 Å². The summed E-state index contributed by atoms with van der Waals surface area (Å²) in [6, 6.07) is 19.3. The fourth-order valence-corrected chi connectivity index (χ4v) is 3.29. The third-order valence-corrected chi connectivity index (χ3v) is 4.85. The third-order valence-electron chi connectivity index (χ3n) is 4.61. The minimum Gasteiger partial charge on any atom is -0.542 e. The Morgan fingerprint density at radius 2 is 1.82 bits per heavy atom. The zero-order chi connectivity index (χ0) is 24.7. The van der Waals surface area contributed by atoms with E-state index in [1.807, 2.05) is 77.5 Å². The summed E-state index contributed by atoms with van der Waals surface area (Å²) in [6.45, 7) is 0.541. The van der Waals surface area contributed by atoms with E-state index in [9.17, 15) is 18.0 Å². The largest absolute Gasteiger partial charge is 0.542 e. The quantitative estimate of drug-likeness (QED) is 0.418. The molecule has 176 valence electrons. The second-order valence-electron chi connectivity index (χ2n) is 6.99. The van der Waals surface area contributed by atoms with Gasteiger partial charge in [0.15, 0.2) is 23.1 Å². The number of rotatable bonds is 5. The van der Waals surface area contributed by atoms with E-state index in [1.165, 1.54) is 0 Å². The van der Waals surface area contributed by atoms with Crippen molar-refractivity contribution in [1.82, 2.24) is 10.3 Å². The number of nitrogens with zero attached hydrogens (tertiary/aromatic N) is 1. The molecular weight excluding hydrogens is 473 g/mol. The van der Waals surface area contributed by atoms with Crippen LogP contribution in [-0.2, 0) is 11.2 Å². The van der Waals surface area contributed by atoms with Crippen LogP contribution < -0.4 is 19.8 Å². The van der Waals surface area contributed by atoms with Gasteiger partial charge in [-0.2, -0.15) is 17.6 Å². The number of nitrogens with one attached hydrogen (secondary N) is 3. The maximum atomic E-state index is 12.8. The van der Waals surface area contributed by atoms with Crippen LogP contribution in [-0.4, -0.2) is 29.6 Å². The van der Waals surface area contributed by atoms with E-state index in [0.29, 0.717) is 17.4 Å². The minimum atomic E-state index is -5.19. The van der Waals surface area contributed by atoms with E-state index in [2.05, 4.69) is 15.3 Å². The average molecular weight is 492 g/mol. The highest BCUT2D eigenvalue weighted by Crippen LogP contribution is 2.24. The summed E-state index contributed by atoms with van der Waals surface area (Å²) in [5, 5.41) is 12.4. The van der Waals surface area contributed by atoms with Gasteiger partial charge < -0.3 is 15.2 Å². The van der Waals surface area contributed by atoms with Crippen molar-refractivity contribution >= 4 is 29.0 Å². The van der Waals surface area contributed by atoms with E-state index in [4.69, 9.17) is 21.5 Å². The normalized spacial score (nSPS) is 10.9. The number of amides is 1. The average Bonchev–Trinajstić information content (AvgIpc) is 3.19. The molecule has 0 aliphatic heterocycles. The van der Waals surface area contributed by atoms with Crippen LogP contribution in [0.5, 0.6) is 0 Å². The second kappa shape index (κ2) is 10.8. The number of hydrogen-bond donors (Lipinski definition) is 2. The molecule has 0 radical (unpaired) electrons. The molecule has 0 unspecified atom stereocenters. The summed E-state index contributed by atoms with van der Waals surface area (Å²) in [5.41, 5.74) is 3.78. The number of alkyl halides is 3. The number of carbonyl (C=O) groups is 2. The van der Waals surface area contributed by atoms with Gasteiger partial charge in [-0.15, -0.1) is 0 Å². The van der Waals surface area contributed by atoms with Crippen LogP contribution in [0.4, 0.5) is 13.2 Å². The highest BCUT2D eigenvalue weighted by molar-refractivity contribution is 6.30. The molecule has 0 bridgehead atoms. The van der Waals surface area contributed by atoms with Crippen molar-refractivity contribution in [2.75, 3.05) is 6.54 Å². The fraction of sp³-hybridized carbons (Fsp3) is 0.130. The number of aromatic amines is 2. The van der Waals surface area contributed by atoms with Crippen LogP contribution in [0.25, 0.3) is 16.8 Å². The Bertz CT molecular complexity index is 1290. The predicted octanol–water partition coefficient (Wildman–Crippen LogP) is 2.16. The van der Waals surface area contributed by atoms with Gasteiger partial charge in [0.2, 0.25) is 0 Å². The molecule has 1 amide bonds. The van der Waals surface area contributed by atoms with Crippen molar-refractivity contribution in [3.05, 3.63) is 89.6 Å². The van der Waals surface area contributed by atoms with Gasteiger partial charge in [-0.3, -0.25) is 4.79 Å². The summed E-state index contributed by atoms with van der Waals surface area (Å²) in [6.07, 6.45) is -0.709. The Morgan fingerprint density at radius 1 is 1.09 bits per heavy atom. The number of imidazole rings is 1. The molecule has 4 aromatic rings. The monoisotopic (exact) mass is 491 g/mol. The molecule has 0 aliphatic carbocycles. The summed E-state index contributed by atoms with van der Waals surface area (Å²) >= 11 is 6.14. The van der Waals surface area contributed by atoms with Crippen LogP contribution in [0.1, 0.15) is 16.3 Å². The number of aromatic nitrogens is 3. The summed E-state index contributed by atoms with van der Waals surface area (Å²) < 4.78 is 33.4. The van der Waals surface area contributed by atoms with Crippen LogP contribution in [0.2, 0.25) is 5.02 Å². The van der Waals surface area contributed by atoms with Gasteiger partial charge in [0.1, 0.15) is 5.97 Å². The maximum Gasteiger partial charge on any atom is 0.430 e. The Labute approximate surface area is 196 Å². The van der Waals surface area contributed by atoms with Gasteiger partial charge >= 0.3 is 17.9 Å². The van der Waals surface area contributed by atoms with E-state index in [-0.39, 0.29) is 5.91 Å². The summed E-state index contributed by atoms with van der Waals surface area (Å²) in [7, 11) is 0. The van der Waals surface area contributed by atoms with E-state index in [0.717, 1.165) is 28.9 Å². The van der Waals surface area contributed by atoms with Crippen LogP contribution in [0, 0.1) is 0 Å². The SMILES string of the molecule is O=C(NCCc1cccc[nH+]1)c1[nH]c(-c2cccc(Cl)c2)c2cccc[n+]12.O=C([O-])C(F)(F)F. The van der Waals surface area contributed by atoms with Crippen LogP contribution in [0.15, 0.2) is 73.1 Å². The number of carbonyl (C=O) groups excluding carboxylic acids is 2. The number of benzene rings is 1. The Kier molecular flexibility index (Phi) is 7.85. The topological polar surface area (TPSA) is 103 Å². The van der Waals surface area contributed by atoms with Gasteiger partial charge in [-0.1, -0.05) is 35.9 Å². The Morgan fingerprint density at radius 3 is 2.47 bits per heavy atom. The van der Waals surface area contributed by atoms with Crippen molar-refractivity contribution in [3.8, 4) is 11.3 Å². The summed E-state index contributed by atoms with van der Waals surface area (Å²) in [5.74, 6) is -2.68. The van der Waals surface area contributed by atoms with Crippen molar-refractivity contribution in [1.29, 1.82) is 0 Å². The molecule has 0 aliphatic rings. The van der Waals surface area contributed by atoms with Gasteiger partial charge in [0.25, 0.3) is 0 Å². The van der Waals surface area contributed by atoms with E-state index < -0.39 is 12.1 Å².